The van der Waals surface area contributed by atoms with Gasteiger partial charge in [0, 0.05) is 50.3 Å². The molecule has 0 aliphatic carbocycles. The number of carbonyl (C=O) groups excluding carboxylic acids is 1. The van der Waals surface area contributed by atoms with Crippen molar-refractivity contribution in [1.29, 1.82) is 0 Å². The van der Waals surface area contributed by atoms with Gasteiger partial charge in [-0.3, -0.25) is 4.79 Å². The lowest BCUT2D eigenvalue weighted by molar-refractivity contribution is 0.0949. The summed E-state index contributed by atoms with van der Waals surface area (Å²) in [5.74, 6) is 0.646. The summed E-state index contributed by atoms with van der Waals surface area (Å²) >= 11 is 0. The molecule has 0 saturated carbocycles. The van der Waals surface area contributed by atoms with E-state index in [2.05, 4.69) is 48.4 Å². The third-order valence-corrected chi connectivity index (χ3v) is 5.19. The highest BCUT2D eigenvalue weighted by Gasteiger charge is 2.13. The van der Waals surface area contributed by atoms with Crippen molar-refractivity contribution in [1.82, 2.24) is 25.2 Å². The molecule has 0 unspecified atom stereocenters. The van der Waals surface area contributed by atoms with Crippen LogP contribution in [0.3, 0.4) is 0 Å². The first-order valence-corrected chi connectivity index (χ1v) is 9.81. The van der Waals surface area contributed by atoms with Crippen LogP contribution < -0.4 is 15.5 Å². The predicted molar refractivity (Wildman–Crippen MR) is 111 cm³/mol. The molecule has 3 heterocycles. The maximum atomic E-state index is 12.4. The number of hydrogen-bond donors (Lipinski definition) is 2. The van der Waals surface area contributed by atoms with Crippen LogP contribution in [-0.4, -0.2) is 53.2 Å². The van der Waals surface area contributed by atoms with Gasteiger partial charge in [-0.1, -0.05) is 18.2 Å². The minimum Gasteiger partial charge on any atom is -0.354 e. The summed E-state index contributed by atoms with van der Waals surface area (Å²) in [6, 6.07) is 8.31. The molecule has 1 aromatic carbocycles. The summed E-state index contributed by atoms with van der Waals surface area (Å²) in [6.07, 6.45) is 7.25. The SMILES string of the molecule is Cn1cc(CCNC(=O)c2cnc(N3CCCNCC3)cn2)c2ccccc21. The van der Waals surface area contributed by atoms with E-state index >= 15 is 0 Å². The maximum Gasteiger partial charge on any atom is 0.271 e. The zero-order chi connectivity index (χ0) is 19.3. The van der Waals surface area contributed by atoms with Crippen LogP contribution in [-0.2, 0) is 13.5 Å². The number of anilines is 1. The van der Waals surface area contributed by atoms with E-state index in [1.165, 1.54) is 16.5 Å². The van der Waals surface area contributed by atoms with Crippen molar-refractivity contribution in [2.24, 2.45) is 7.05 Å². The van der Waals surface area contributed by atoms with E-state index in [4.69, 9.17) is 0 Å². The molecule has 2 aromatic heterocycles. The lowest BCUT2D eigenvalue weighted by atomic mass is 10.1. The number of amides is 1. The summed E-state index contributed by atoms with van der Waals surface area (Å²) in [6.45, 7) is 4.40. The van der Waals surface area contributed by atoms with E-state index in [0.717, 1.165) is 44.8 Å². The molecule has 3 aromatic rings. The Labute approximate surface area is 164 Å². The van der Waals surface area contributed by atoms with Crippen molar-refractivity contribution >= 4 is 22.6 Å². The summed E-state index contributed by atoms with van der Waals surface area (Å²) in [5, 5.41) is 7.56. The molecule has 28 heavy (non-hydrogen) atoms. The van der Waals surface area contributed by atoms with Gasteiger partial charge in [0.05, 0.1) is 12.4 Å². The van der Waals surface area contributed by atoms with Gasteiger partial charge in [0.1, 0.15) is 11.5 Å². The molecule has 146 valence electrons. The molecule has 1 aliphatic rings. The van der Waals surface area contributed by atoms with E-state index in [9.17, 15) is 4.79 Å². The molecular formula is C21H26N6O. The molecular weight excluding hydrogens is 352 g/mol. The Bertz CT molecular complexity index is 941. The van der Waals surface area contributed by atoms with Crippen molar-refractivity contribution in [2.45, 2.75) is 12.8 Å². The fraction of sp³-hybridized carbons (Fsp3) is 0.381. The smallest absolute Gasteiger partial charge is 0.271 e. The third kappa shape index (κ3) is 3.99. The summed E-state index contributed by atoms with van der Waals surface area (Å²) < 4.78 is 2.12. The van der Waals surface area contributed by atoms with Gasteiger partial charge in [0.15, 0.2) is 0 Å². The standard InChI is InChI=1S/C21H26N6O/c1-26-15-16(17-5-2-3-6-19(17)26)7-9-23-21(28)18-13-25-20(14-24-18)27-11-4-8-22-10-12-27/h2-3,5-6,13-15,22H,4,7-12H2,1H3,(H,23,28). The van der Waals surface area contributed by atoms with Crippen LogP contribution in [0, 0.1) is 0 Å². The second-order valence-electron chi connectivity index (χ2n) is 7.14. The Morgan fingerprint density at radius 3 is 2.93 bits per heavy atom. The van der Waals surface area contributed by atoms with Crippen molar-refractivity contribution in [3.63, 3.8) is 0 Å². The van der Waals surface area contributed by atoms with Gasteiger partial charge in [-0.25, -0.2) is 9.97 Å². The maximum absolute atomic E-state index is 12.4. The van der Waals surface area contributed by atoms with Crippen LogP contribution in [0.25, 0.3) is 10.9 Å². The highest BCUT2D eigenvalue weighted by atomic mass is 16.1. The van der Waals surface area contributed by atoms with E-state index in [-0.39, 0.29) is 5.91 Å². The van der Waals surface area contributed by atoms with Crippen LogP contribution in [0.5, 0.6) is 0 Å². The summed E-state index contributed by atoms with van der Waals surface area (Å²) in [4.78, 5) is 23.4. The van der Waals surface area contributed by atoms with Crippen LogP contribution in [0.1, 0.15) is 22.5 Å². The van der Waals surface area contributed by atoms with Gasteiger partial charge in [0.25, 0.3) is 5.91 Å². The van der Waals surface area contributed by atoms with Crippen molar-refractivity contribution in [3.8, 4) is 0 Å². The Morgan fingerprint density at radius 2 is 2.07 bits per heavy atom. The monoisotopic (exact) mass is 378 g/mol. The van der Waals surface area contributed by atoms with Crippen LogP contribution in [0.4, 0.5) is 5.82 Å². The molecule has 2 N–H and O–H groups in total. The van der Waals surface area contributed by atoms with E-state index in [1.54, 1.807) is 12.4 Å². The normalized spacial score (nSPS) is 14.8. The van der Waals surface area contributed by atoms with Gasteiger partial charge in [-0.15, -0.1) is 0 Å². The molecule has 0 spiro atoms. The minimum atomic E-state index is -0.184. The number of aromatic nitrogens is 3. The number of aryl methyl sites for hydroxylation is 1. The molecule has 1 amide bonds. The fourth-order valence-corrected chi connectivity index (χ4v) is 3.70. The first-order chi connectivity index (χ1) is 13.7. The number of para-hydroxylation sites is 1. The topological polar surface area (TPSA) is 75.1 Å². The first kappa shape index (κ1) is 18.4. The second kappa shape index (κ2) is 8.39. The summed E-state index contributed by atoms with van der Waals surface area (Å²) in [5.41, 5.74) is 2.79. The molecule has 4 rings (SSSR count). The van der Waals surface area contributed by atoms with Crippen LogP contribution in [0.15, 0.2) is 42.9 Å². The molecule has 1 saturated heterocycles. The molecule has 1 aliphatic heterocycles. The Balaban J connectivity index is 1.34. The zero-order valence-corrected chi connectivity index (χ0v) is 16.2. The van der Waals surface area contributed by atoms with Gasteiger partial charge in [-0.2, -0.15) is 0 Å². The molecule has 7 heteroatoms. The number of nitrogens with one attached hydrogen (secondary N) is 2. The molecule has 1 fully saturated rings. The largest absolute Gasteiger partial charge is 0.354 e. The summed E-state index contributed by atoms with van der Waals surface area (Å²) in [7, 11) is 2.04. The van der Waals surface area contributed by atoms with Gasteiger partial charge >= 0.3 is 0 Å². The lowest BCUT2D eigenvalue weighted by Gasteiger charge is -2.20. The predicted octanol–water partition coefficient (Wildman–Crippen LogP) is 1.74. The average molecular weight is 378 g/mol. The molecule has 7 nitrogen and oxygen atoms in total. The van der Waals surface area contributed by atoms with Crippen molar-refractivity contribution in [2.75, 3.05) is 37.6 Å². The molecule has 0 radical (unpaired) electrons. The molecule has 0 atom stereocenters. The average Bonchev–Trinajstić information content (AvgIpc) is 2.90. The van der Waals surface area contributed by atoms with Crippen molar-refractivity contribution < 1.29 is 4.79 Å². The highest BCUT2D eigenvalue weighted by Crippen LogP contribution is 2.20. The number of nitrogens with zero attached hydrogens (tertiary/aromatic N) is 4. The lowest BCUT2D eigenvalue weighted by Crippen LogP contribution is -2.30. The molecule has 0 bridgehead atoms. The Kier molecular flexibility index (Phi) is 5.53. The first-order valence-electron chi connectivity index (χ1n) is 9.81. The number of rotatable bonds is 5. The third-order valence-electron chi connectivity index (χ3n) is 5.19. The number of fused-ring (bicyclic) bond motifs is 1. The number of benzene rings is 1. The van der Waals surface area contributed by atoms with E-state index in [0.29, 0.717) is 12.2 Å². The second-order valence-corrected chi connectivity index (χ2v) is 7.14. The van der Waals surface area contributed by atoms with Crippen LogP contribution in [0.2, 0.25) is 0 Å². The van der Waals surface area contributed by atoms with Gasteiger partial charge in [-0.05, 0) is 31.0 Å². The fourth-order valence-electron chi connectivity index (χ4n) is 3.70. The van der Waals surface area contributed by atoms with E-state index in [1.807, 2.05) is 19.2 Å². The number of carbonyl (C=O) groups is 1. The number of hydrogen-bond acceptors (Lipinski definition) is 5. The van der Waals surface area contributed by atoms with Gasteiger partial charge < -0.3 is 20.1 Å². The Hall–Kier alpha value is -2.93. The van der Waals surface area contributed by atoms with Crippen LogP contribution >= 0.6 is 0 Å². The highest BCUT2D eigenvalue weighted by molar-refractivity contribution is 5.92. The minimum absolute atomic E-state index is 0.184. The van der Waals surface area contributed by atoms with Gasteiger partial charge in [0.2, 0.25) is 0 Å². The van der Waals surface area contributed by atoms with Crippen molar-refractivity contribution in [3.05, 3.63) is 54.1 Å². The quantitative estimate of drug-likeness (QED) is 0.707. The zero-order valence-electron chi connectivity index (χ0n) is 16.2. The van der Waals surface area contributed by atoms with E-state index < -0.39 is 0 Å². The Morgan fingerprint density at radius 1 is 1.18 bits per heavy atom.